The van der Waals surface area contributed by atoms with Gasteiger partial charge in [0.15, 0.2) is 9.84 Å². The van der Waals surface area contributed by atoms with Gasteiger partial charge in [0.25, 0.3) is 0 Å². The fourth-order valence-electron chi connectivity index (χ4n) is 2.56. The van der Waals surface area contributed by atoms with Crippen LogP contribution in [-0.2, 0) is 9.84 Å². The van der Waals surface area contributed by atoms with E-state index < -0.39 is 9.84 Å². The molecule has 1 aliphatic carbocycles. The Morgan fingerprint density at radius 2 is 1.89 bits per heavy atom. The zero-order chi connectivity index (χ0) is 14.2. The summed E-state index contributed by atoms with van der Waals surface area (Å²) in [4.78, 5) is 0. The Bertz CT molecular complexity index is 587. The predicted octanol–water partition coefficient (Wildman–Crippen LogP) is 3.68. The minimum atomic E-state index is -3.04. The summed E-state index contributed by atoms with van der Waals surface area (Å²) >= 11 is 12.3. The molecule has 0 heterocycles. The second kappa shape index (κ2) is 5.51. The second-order valence-electron chi connectivity index (χ2n) is 5.13. The van der Waals surface area contributed by atoms with E-state index in [1.54, 1.807) is 12.1 Å². The number of benzene rings is 1. The van der Waals surface area contributed by atoms with Crippen molar-refractivity contribution in [1.29, 1.82) is 0 Å². The second-order valence-corrected chi connectivity index (χ2v) is 8.21. The van der Waals surface area contributed by atoms with Crippen LogP contribution >= 0.6 is 23.2 Å². The van der Waals surface area contributed by atoms with E-state index in [1.165, 1.54) is 6.26 Å². The molecule has 6 heteroatoms. The Morgan fingerprint density at radius 1 is 1.21 bits per heavy atom. The van der Waals surface area contributed by atoms with Crippen molar-refractivity contribution in [2.24, 2.45) is 0 Å². The van der Waals surface area contributed by atoms with Gasteiger partial charge < -0.3 is 5.32 Å². The maximum atomic E-state index is 11.7. The van der Waals surface area contributed by atoms with E-state index in [1.807, 2.05) is 6.92 Å². The third-order valence-corrected chi connectivity index (χ3v) is 5.98. The highest BCUT2D eigenvalue weighted by Gasteiger charge is 2.34. The average molecular weight is 322 g/mol. The summed E-state index contributed by atoms with van der Waals surface area (Å²) in [5, 5.41) is 4.09. The first-order chi connectivity index (χ1) is 8.79. The van der Waals surface area contributed by atoms with Gasteiger partial charge in [-0.25, -0.2) is 8.42 Å². The number of hydrogen-bond acceptors (Lipinski definition) is 3. The lowest BCUT2D eigenvalue weighted by molar-refractivity contribution is 0.579. The van der Waals surface area contributed by atoms with E-state index in [4.69, 9.17) is 23.2 Å². The molecule has 1 N–H and O–H groups in total. The molecule has 0 spiro atoms. The fraction of sp³-hybridized carbons (Fsp3) is 0.538. The van der Waals surface area contributed by atoms with E-state index in [0.717, 1.165) is 18.4 Å². The predicted molar refractivity (Wildman–Crippen MR) is 81.1 cm³/mol. The van der Waals surface area contributed by atoms with Crippen molar-refractivity contribution >= 4 is 38.7 Å². The van der Waals surface area contributed by atoms with E-state index in [2.05, 4.69) is 5.32 Å². The van der Waals surface area contributed by atoms with Gasteiger partial charge in [0.2, 0.25) is 0 Å². The van der Waals surface area contributed by atoms with Crippen LogP contribution in [0, 0.1) is 6.92 Å². The molecule has 2 rings (SSSR count). The summed E-state index contributed by atoms with van der Waals surface area (Å²) in [6.45, 7) is 1.88. The molecule has 3 nitrogen and oxygen atoms in total. The zero-order valence-corrected chi connectivity index (χ0v) is 13.2. The summed E-state index contributed by atoms with van der Waals surface area (Å²) in [6, 6.07) is 3.46. The van der Waals surface area contributed by atoms with Gasteiger partial charge in [0.05, 0.1) is 16.0 Å². The molecule has 0 bridgehead atoms. The number of hydrogen-bond donors (Lipinski definition) is 1. The molecule has 1 saturated carbocycles. The van der Waals surface area contributed by atoms with Gasteiger partial charge in [0.1, 0.15) is 0 Å². The molecule has 19 heavy (non-hydrogen) atoms. The number of sulfone groups is 1. The van der Waals surface area contributed by atoms with Crippen LogP contribution in [-0.4, -0.2) is 26.0 Å². The van der Waals surface area contributed by atoms with Gasteiger partial charge in [-0.05, 0) is 43.9 Å². The van der Waals surface area contributed by atoms with Crippen molar-refractivity contribution in [3.8, 4) is 0 Å². The van der Waals surface area contributed by atoms with Crippen LogP contribution in [0.4, 0.5) is 5.69 Å². The van der Waals surface area contributed by atoms with Crippen molar-refractivity contribution in [3.05, 3.63) is 27.7 Å². The van der Waals surface area contributed by atoms with Crippen molar-refractivity contribution in [2.75, 3.05) is 11.6 Å². The van der Waals surface area contributed by atoms with Crippen LogP contribution in [0.1, 0.15) is 24.8 Å². The van der Waals surface area contributed by atoms with E-state index in [-0.39, 0.29) is 11.3 Å². The third kappa shape index (κ3) is 3.36. The van der Waals surface area contributed by atoms with E-state index >= 15 is 0 Å². The molecular weight excluding hydrogens is 305 g/mol. The van der Waals surface area contributed by atoms with Crippen LogP contribution in [0.2, 0.25) is 10.0 Å². The standard InChI is InChI=1S/C13H17Cl2NO2S/c1-8-6-10(15)12(7-9(8)14)16-11-4-3-5-13(11)19(2,17)18/h6-7,11,13,16H,3-5H2,1-2H3. The van der Waals surface area contributed by atoms with E-state index in [9.17, 15) is 8.42 Å². The minimum Gasteiger partial charge on any atom is -0.380 e. The summed E-state index contributed by atoms with van der Waals surface area (Å²) in [6.07, 6.45) is 3.74. The van der Waals surface area contributed by atoms with Gasteiger partial charge in [0, 0.05) is 17.3 Å². The molecule has 0 amide bonds. The van der Waals surface area contributed by atoms with Crippen LogP contribution < -0.4 is 5.32 Å². The molecule has 0 aromatic heterocycles. The van der Waals surface area contributed by atoms with Crippen molar-refractivity contribution < 1.29 is 8.42 Å². The molecule has 0 aliphatic heterocycles. The number of aryl methyl sites for hydroxylation is 1. The maximum Gasteiger partial charge on any atom is 0.152 e. The lowest BCUT2D eigenvalue weighted by Gasteiger charge is -2.21. The van der Waals surface area contributed by atoms with E-state index in [0.29, 0.717) is 22.2 Å². The first-order valence-electron chi connectivity index (χ1n) is 6.20. The smallest absolute Gasteiger partial charge is 0.152 e. The molecular formula is C13H17Cl2NO2S. The Kier molecular flexibility index (Phi) is 4.33. The first-order valence-corrected chi connectivity index (χ1v) is 8.91. The Hall–Kier alpha value is -0.450. The highest BCUT2D eigenvalue weighted by molar-refractivity contribution is 7.91. The molecule has 1 fully saturated rings. The molecule has 1 aromatic rings. The molecule has 2 atom stereocenters. The largest absolute Gasteiger partial charge is 0.380 e. The number of halogens is 2. The lowest BCUT2D eigenvalue weighted by atomic mass is 10.2. The van der Waals surface area contributed by atoms with Gasteiger partial charge in [-0.2, -0.15) is 0 Å². The molecule has 2 unspecified atom stereocenters. The number of rotatable bonds is 3. The molecule has 106 valence electrons. The maximum absolute atomic E-state index is 11.7. The summed E-state index contributed by atoms with van der Waals surface area (Å²) in [5.74, 6) is 0. The summed E-state index contributed by atoms with van der Waals surface area (Å²) in [5.41, 5.74) is 1.61. The Morgan fingerprint density at radius 3 is 2.53 bits per heavy atom. The Balaban J connectivity index is 2.24. The third-order valence-electron chi connectivity index (χ3n) is 3.59. The van der Waals surface area contributed by atoms with Gasteiger partial charge in [-0.1, -0.05) is 23.2 Å². The minimum absolute atomic E-state index is 0.0914. The normalized spacial score (nSPS) is 23.6. The monoisotopic (exact) mass is 321 g/mol. The average Bonchev–Trinajstić information content (AvgIpc) is 2.73. The van der Waals surface area contributed by atoms with Gasteiger partial charge >= 0.3 is 0 Å². The zero-order valence-electron chi connectivity index (χ0n) is 10.9. The van der Waals surface area contributed by atoms with Crippen molar-refractivity contribution in [3.63, 3.8) is 0 Å². The number of nitrogens with one attached hydrogen (secondary N) is 1. The highest BCUT2D eigenvalue weighted by atomic mass is 35.5. The first kappa shape index (κ1) is 14.9. The van der Waals surface area contributed by atoms with Crippen LogP contribution in [0.25, 0.3) is 0 Å². The molecule has 1 aliphatic rings. The Labute approximate surface area is 124 Å². The molecule has 1 aromatic carbocycles. The number of anilines is 1. The summed E-state index contributed by atoms with van der Waals surface area (Å²) < 4.78 is 23.5. The fourth-order valence-corrected chi connectivity index (χ4v) is 4.39. The quantitative estimate of drug-likeness (QED) is 0.923. The van der Waals surface area contributed by atoms with Crippen LogP contribution in [0.3, 0.4) is 0 Å². The summed E-state index contributed by atoms with van der Waals surface area (Å²) in [7, 11) is -3.04. The van der Waals surface area contributed by atoms with Crippen LogP contribution in [0.15, 0.2) is 12.1 Å². The van der Waals surface area contributed by atoms with Crippen LogP contribution in [0.5, 0.6) is 0 Å². The van der Waals surface area contributed by atoms with Crippen molar-refractivity contribution in [2.45, 2.75) is 37.5 Å². The lowest BCUT2D eigenvalue weighted by Crippen LogP contribution is -2.34. The highest BCUT2D eigenvalue weighted by Crippen LogP contribution is 2.33. The SMILES string of the molecule is Cc1cc(Cl)c(NC2CCCC2S(C)(=O)=O)cc1Cl. The van der Waals surface area contributed by atoms with Gasteiger partial charge in [-0.15, -0.1) is 0 Å². The molecule has 0 saturated heterocycles. The van der Waals surface area contributed by atoms with Crippen molar-refractivity contribution in [1.82, 2.24) is 0 Å². The van der Waals surface area contributed by atoms with Gasteiger partial charge in [-0.3, -0.25) is 0 Å². The topological polar surface area (TPSA) is 46.2 Å². The molecule has 0 radical (unpaired) electrons.